The normalized spacial score (nSPS) is 9.44. The SMILES string of the molecule is N#Cc1nc(-c2cccc(Cl)c2)[nH]c1C#N. The van der Waals surface area contributed by atoms with Crippen molar-refractivity contribution in [1.82, 2.24) is 9.97 Å². The number of H-pyrrole nitrogens is 1. The molecule has 2 aromatic rings. The molecule has 4 nitrogen and oxygen atoms in total. The van der Waals surface area contributed by atoms with Crippen LogP contribution in [0.4, 0.5) is 0 Å². The van der Waals surface area contributed by atoms with Crippen LogP contribution >= 0.6 is 11.6 Å². The summed E-state index contributed by atoms with van der Waals surface area (Å²) in [5.74, 6) is 0.468. The van der Waals surface area contributed by atoms with Gasteiger partial charge in [-0.3, -0.25) is 0 Å². The molecular formula is C11H5ClN4. The number of benzene rings is 1. The van der Waals surface area contributed by atoms with Crippen molar-refractivity contribution in [1.29, 1.82) is 10.5 Å². The summed E-state index contributed by atoms with van der Waals surface area (Å²) < 4.78 is 0. The van der Waals surface area contributed by atoms with Crippen molar-refractivity contribution >= 4 is 11.6 Å². The third-order valence-electron chi connectivity index (χ3n) is 2.02. The summed E-state index contributed by atoms with van der Waals surface area (Å²) in [6.07, 6.45) is 0. The quantitative estimate of drug-likeness (QED) is 0.815. The first-order chi connectivity index (χ1) is 7.74. The molecule has 0 saturated heterocycles. The molecule has 5 heteroatoms. The topological polar surface area (TPSA) is 76.3 Å². The second-order valence-electron chi connectivity index (χ2n) is 3.04. The maximum absolute atomic E-state index is 8.77. The number of nitrogens with one attached hydrogen (secondary N) is 1. The molecule has 0 radical (unpaired) electrons. The van der Waals surface area contributed by atoms with Gasteiger partial charge in [-0.25, -0.2) is 4.98 Å². The first-order valence-corrected chi connectivity index (χ1v) is 4.78. The molecule has 1 heterocycles. The van der Waals surface area contributed by atoms with Crippen LogP contribution in [0.2, 0.25) is 5.02 Å². The van der Waals surface area contributed by atoms with Gasteiger partial charge in [-0.15, -0.1) is 0 Å². The maximum Gasteiger partial charge on any atom is 0.177 e. The van der Waals surface area contributed by atoms with E-state index in [4.69, 9.17) is 22.1 Å². The zero-order valence-corrected chi connectivity index (χ0v) is 8.78. The van der Waals surface area contributed by atoms with E-state index in [1.54, 1.807) is 24.3 Å². The molecule has 0 fully saturated rings. The fourth-order valence-electron chi connectivity index (χ4n) is 1.31. The van der Waals surface area contributed by atoms with Crippen LogP contribution in [0.3, 0.4) is 0 Å². The van der Waals surface area contributed by atoms with Gasteiger partial charge in [0.1, 0.15) is 18.0 Å². The van der Waals surface area contributed by atoms with E-state index in [0.717, 1.165) is 5.56 Å². The summed E-state index contributed by atoms with van der Waals surface area (Å²) in [7, 11) is 0. The van der Waals surface area contributed by atoms with E-state index in [2.05, 4.69) is 9.97 Å². The molecule has 0 amide bonds. The van der Waals surface area contributed by atoms with Gasteiger partial charge in [0.05, 0.1) is 0 Å². The number of halogens is 1. The minimum Gasteiger partial charge on any atom is -0.329 e. The van der Waals surface area contributed by atoms with E-state index in [-0.39, 0.29) is 11.4 Å². The number of imidazole rings is 1. The van der Waals surface area contributed by atoms with Gasteiger partial charge in [0.15, 0.2) is 11.4 Å². The summed E-state index contributed by atoms with van der Waals surface area (Å²) in [6, 6.07) is 10.8. The Morgan fingerprint density at radius 3 is 2.62 bits per heavy atom. The zero-order chi connectivity index (χ0) is 11.5. The van der Waals surface area contributed by atoms with Crippen molar-refractivity contribution in [2.45, 2.75) is 0 Å². The van der Waals surface area contributed by atoms with Crippen LogP contribution in [-0.4, -0.2) is 9.97 Å². The van der Waals surface area contributed by atoms with Crippen LogP contribution in [0.25, 0.3) is 11.4 Å². The lowest BCUT2D eigenvalue weighted by atomic mass is 10.2. The lowest BCUT2D eigenvalue weighted by Crippen LogP contribution is -1.80. The summed E-state index contributed by atoms with van der Waals surface area (Å²) in [5, 5.41) is 18.1. The molecule has 0 atom stereocenters. The number of hydrogen-bond acceptors (Lipinski definition) is 3. The smallest absolute Gasteiger partial charge is 0.177 e. The van der Waals surface area contributed by atoms with Crippen LogP contribution in [0.15, 0.2) is 24.3 Å². The second kappa shape index (κ2) is 4.06. The van der Waals surface area contributed by atoms with E-state index in [9.17, 15) is 0 Å². The number of hydrogen-bond donors (Lipinski definition) is 1. The van der Waals surface area contributed by atoms with Gasteiger partial charge >= 0.3 is 0 Å². The van der Waals surface area contributed by atoms with Gasteiger partial charge in [-0.2, -0.15) is 10.5 Å². The Labute approximate surface area is 96.7 Å². The number of rotatable bonds is 1. The van der Waals surface area contributed by atoms with Crippen LogP contribution < -0.4 is 0 Å². The first-order valence-electron chi connectivity index (χ1n) is 4.40. The Morgan fingerprint density at radius 2 is 2.06 bits per heavy atom. The van der Waals surface area contributed by atoms with Crippen molar-refractivity contribution in [3.05, 3.63) is 40.7 Å². The predicted molar refractivity (Wildman–Crippen MR) is 58.5 cm³/mol. The lowest BCUT2D eigenvalue weighted by molar-refractivity contribution is 1.29. The summed E-state index contributed by atoms with van der Waals surface area (Å²) in [5.41, 5.74) is 1.00. The van der Waals surface area contributed by atoms with Crippen molar-refractivity contribution < 1.29 is 0 Å². The minimum absolute atomic E-state index is 0.0949. The van der Waals surface area contributed by atoms with Crippen LogP contribution in [-0.2, 0) is 0 Å². The Kier molecular flexibility index (Phi) is 2.59. The maximum atomic E-state index is 8.77. The number of nitriles is 2. The van der Waals surface area contributed by atoms with Crippen molar-refractivity contribution in [2.75, 3.05) is 0 Å². The highest BCUT2D eigenvalue weighted by Gasteiger charge is 2.10. The lowest BCUT2D eigenvalue weighted by Gasteiger charge is -1.95. The Hall–Kier alpha value is -2.30. The molecule has 1 aromatic carbocycles. The highest BCUT2D eigenvalue weighted by atomic mass is 35.5. The van der Waals surface area contributed by atoms with E-state index in [1.165, 1.54) is 0 Å². The fourth-order valence-corrected chi connectivity index (χ4v) is 1.50. The molecule has 0 aliphatic carbocycles. The van der Waals surface area contributed by atoms with Gasteiger partial charge in [-0.1, -0.05) is 23.7 Å². The average molecular weight is 229 g/mol. The monoisotopic (exact) mass is 228 g/mol. The second-order valence-corrected chi connectivity index (χ2v) is 3.48. The third-order valence-corrected chi connectivity index (χ3v) is 2.25. The van der Waals surface area contributed by atoms with Crippen molar-refractivity contribution in [3.8, 4) is 23.5 Å². The fraction of sp³-hybridized carbons (Fsp3) is 0. The van der Waals surface area contributed by atoms with Crippen LogP contribution in [0.1, 0.15) is 11.4 Å². The van der Waals surface area contributed by atoms with E-state index < -0.39 is 0 Å². The minimum atomic E-state index is 0.0949. The number of aromatic amines is 1. The largest absolute Gasteiger partial charge is 0.329 e. The third kappa shape index (κ3) is 1.75. The summed E-state index contributed by atoms with van der Waals surface area (Å²) >= 11 is 5.84. The van der Waals surface area contributed by atoms with E-state index in [0.29, 0.717) is 10.8 Å². The van der Waals surface area contributed by atoms with Gasteiger partial charge in [0, 0.05) is 10.6 Å². The highest BCUT2D eigenvalue weighted by molar-refractivity contribution is 6.30. The Bertz CT molecular complexity index is 584. The Morgan fingerprint density at radius 1 is 1.25 bits per heavy atom. The number of nitrogens with zero attached hydrogens (tertiary/aromatic N) is 3. The van der Waals surface area contributed by atoms with Crippen LogP contribution in [0, 0.1) is 22.7 Å². The molecule has 0 saturated carbocycles. The molecule has 0 spiro atoms. The zero-order valence-electron chi connectivity index (χ0n) is 8.03. The van der Waals surface area contributed by atoms with Crippen molar-refractivity contribution in [3.63, 3.8) is 0 Å². The first kappa shape index (κ1) is 10.2. The molecule has 2 rings (SSSR count). The molecule has 76 valence electrons. The van der Waals surface area contributed by atoms with Gasteiger partial charge in [0.2, 0.25) is 0 Å². The molecule has 0 unspecified atom stereocenters. The Balaban J connectivity index is 2.55. The number of aromatic nitrogens is 2. The molecule has 1 aromatic heterocycles. The molecule has 0 bridgehead atoms. The van der Waals surface area contributed by atoms with E-state index in [1.807, 2.05) is 12.1 Å². The van der Waals surface area contributed by atoms with Crippen LogP contribution in [0.5, 0.6) is 0 Å². The van der Waals surface area contributed by atoms with Crippen molar-refractivity contribution in [2.24, 2.45) is 0 Å². The summed E-state index contributed by atoms with van der Waals surface area (Å²) in [6.45, 7) is 0. The van der Waals surface area contributed by atoms with Gasteiger partial charge < -0.3 is 4.98 Å². The summed E-state index contributed by atoms with van der Waals surface area (Å²) in [4.78, 5) is 6.79. The predicted octanol–water partition coefficient (Wildman–Crippen LogP) is 2.47. The molecule has 0 aliphatic heterocycles. The van der Waals surface area contributed by atoms with E-state index >= 15 is 0 Å². The standard InChI is InChI=1S/C11H5ClN4/c12-8-3-1-2-7(4-8)11-15-9(5-13)10(6-14)16-11/h1-4H,(H,15,16). The molecular weight excluding hydrogens is 224 g/mol. The van der Waals surface area contributed by atoms with Gasteiger partial charge in [0.25, 0.3) is 0 Å². The average Bonchev–Trinajstić information content (AvgIpc) is 2.72. The van der Waals surface area contributed by atoms with Gasteiger partial charge in [-0.05, 0) is 12.1 Å². The highest BCUT2D eigenvalue weighted by Crippen LogP contribution is 2.21. The molecule has 16 heavy (non-hydrogen) atoms. The molecule has 1 N–H and O–H groups in total. The molecule has 0 aliphatic rings.